The Morgan fingerprint density at radius 1 is 1.12 bits per heavy atom. The molecule has 0 fully saturated rings. The van der Waals surface area contributed by atoms with Gasteiger partial charge in [0, 0.05) is 17.1 Å². The van der Waals surface area contributed by atoms with Crippen LogP contribution in [0.2, 0.25) is 0 Å². The zero-order valence-electron chi connectivity index (χ0n) is 14.1. The van der Waals surface area contributed by atoms with Gasteiger partial charge in [0.1, 0.15) is 0 Å². The highest BCUT2D eigenvalue weighted by atomic mass is 19.1. The maximum Gasteiger partial charge on any atom is 0.279 e. The van der Waals surface area contributed by atoms with Crippen molar-refractivity contribution in [3.63, 3.8) is 0 Å². The Hall–Kier alpha value is -3.35. The molecule has 2 aromatic carbocycles. The third-order valence-corrected chi connectivity index (χ3v) is 3.86. The molecule has 0 aliphatic rings. The van der Waals surface area contributed by atoms with E-state index in [9.17, 15) is 14.0 Å². The van der Waals surface area contributed by atoms with Gasteiger partial charge in [0.25, 0.3) is 5.91 Å². The Labute approximate surface area is 149 Å². The molecule has 0 aliphatic carbocycles. The highest BCUT2D eigenvalue weighted by Gasteiger charge is 2.17. The number of H-pyrrole nitrogens is 1. The molecule has 0 saturated heterocycles. The van der Waals surface area contributed by atoms with E-state index in [1.54, 1.807) is 12.3 Å². The number of aromatic amines is 1. The van der Waals surface area contributed by atoms with Crippen LogP contribution in [-0.2, 0) is 16.0 Å². The minimum atomic E-state index is -0.972. The second kappa shape index (κ2) is 7.69. The summed E-state index contributed by atoms with van der Waals surface area (Å²) in [6.45, 7) is 1.47. The smallest absolute Gasteiger partial charge is 0.279 e. The van der Waals surface area contributed by atoms with Gasteiger partial charge in [0.05, 0.1) is 6.42 Å². The van der Waals surface area contributed by atoms with Crippen LogP contribution in [0.3, 0.4) is 0 Å². The number of benzene rings is 2. The van der Waals surface area contributed by atoms with E-state index in [1.807, 2.05) is 24.3 Å². The summed E-state index contributed by atoms with van der Waals surface area (Å²) < 4.78 is 18.8. The summed E-state index contributed by atoms with van der Waals surface area (Å²) in [7, 11) is 0. The van der Waals surface area contributed by atoms with Gasteiger partial charge in [-0.05, 0) is 30.7 Å². The molecule has 7 heteroatoms. The minimum Gasteiger partial charge on any atom is -0.478 e. The number of hydrogen-bond donors (Lipinski definition) is 3. The van der Waals surface area contributed by atoms with Gasteiger partial charge in [0.2, 0.25) is 5.91 Å². The number of carbonyl (C=O) groups is 2. The average molecular weight is 355 g/mol. The molecule has 2 amide bonds. The Morgan fingerprint density at radius 3 is 2.65 bits per heavy atom. The lowest BCUT2D eigenvalue weighted by Crippen LogP contribution is -2.47. The predicted octanol–water partition coefficient (Wildman–Crippen LogP) is 2.46. The Kier molecular flexibility index (Phi) is 5.17. The molecule has 3 rings (SSSR count). The molecule has 0 bridgehead atoms. The second-order valence-corrected chi connectivity index (χ2v) is 5.76. The highest BCUT2D eigenvalue weighted by Crippen LogP contribution is 2.18. The topological polar surface area (TPSA) is 83.2 Å². The van der Waals surface area contributed by atoms with Crippen molar-refractivity contribution < 1.29 is 18.7 Å². The molecule has 1 unspecified atom stereocenters. The first kappa shape index (κ1) is 17.5. The number of nitrogens with one attached hydrogen (secondary N) is 3. The first-order chi connectivity index (χ1) is 12.5. The molecule has 1 heterocycles. The molecule has 3 aromatic rings. The SMILES string of the molecule is CC(Oc1ccccc1F)C(=O)NNC(=O)Cc1c[nH]c2ccccc12. The Balaban J connectivity index is 1.52. The van der Waals surface area contributed by atoms with Crippen LogP contribution in [-0.4, -0.2) is 22.9 Å². The van der Waals surface area contributed by atoms with E-state index in [0.717, 1.165) is 16.5 Å². The highest BCUT2D eigenvalue weighted by molar-refractivity contribution is 5.90. The van der Waals surface area contributed by atoms with Crippen molar-refractivity contribution in [3.05, 3.63) is 66.1 Å². The number of halogens is 1. The number of fused-ring (bicyclic) bond motifs is 1. The van der Waals surface area contributed by atoms with Crippen molar-refractivity contribution in [2.75, 3.05) is 0 Å². The summed E-state index contributed by atoms with van der Waals surface area (Å²) in [6, 6.07) is 13.4. The summed E-state index contributed by atoms with van der Waals surface area (Å²) in [5.74, 6) is -1.54. The molecular formula is C19H18FN3O3. The van der Waals surface area contributed by atoms with Gasteiger partial charge in [-0.15, -0.1) is 0 Å². The summed E-state index contributed by atoms with van der Waals surface area (Å²) in [5.41, 5.74) is 6.39. The van der Waals surface area contributed by atoms with Crippen LogP contribution in [0.25, 0.3) is 10.9 Å². The zero-order valence-corrected chi connectivity index (χ0v) is 14.1. The van der Waals surface area contributed by atoms with E-state index in [-0.39, 0.29) is 18.1 Å². The van der Waals surface area contributed by atoms with Crippen molar-refractivity contribution in [2.45, 2.75) is 19.4 Å². The van der Waals surface area contributed by atoms with E-state index >= 15 is 0 Å². The van der Waals surface area contributed by atoms with E-state index in [4.69, 9.17) is 4.74 Å². The number of aromatic nitrogens is 1. The first-order valence-electron chi connectivity index (χ1n) is 8.09. The molecule has 134 valence electrons. The lowest BCUT2D eigenvalue weighted by atomic mass is 10.1. The Bertz CT molecular complexity index is 938. The van der Waals surface area contributed by atoms with E-state index < -0.39 is 17.8 Å². The van der Waals surface area contributed by atoms with Crippen molar-refractivity contribution in [3.8, 4) is 5.75 Å². The molecule has 1 aromatic heterocycles. The third kappa shape index (κ3) is 4.00. The number of ether oxygens (including phenoxy) is 1. The molecule has 6 nitrogen and oxygen atoms in total. The fourth-order valence-corrected chi connectivity index (χ4v) is 2.51. The monoisotopic (exact) mass is 355 g/mol. The van der Waals surface area contributed by atoms with Gasteiger partial charge in [0.15, 0.2) is 17.7 Å². The van der Waals surface area contributed by atoms with Gasteiger partial charge in [-0.2, -0.15) is 0 Å². The van der Waals surface area contributed by atoms with Crippen LogP contribution in [0.1, 0.15) is 12.5 Å². The first-order valence-corrected chi connectivity index (χ1v) is 8.09. The molecule has 0 radical (unpaired) electrons. The van der Waals surface area contributed by atoms with Crippen LogP contribution >= 0.6 is 0 Å². The van der Waals surface area contributed by atoms with Gasteiger partial charge in [-0.25, -0.2) is 4.39 Å². The summed E-state index contributed by atoms with van der Waals surface area (Å²) >= 11 is 0. The van der Waals surface area contributed by atoms with E-state index in [2.05, 4.69) is 15.8 Å². The average Bonchev–Trinajstić information content (AvgIpc) is 3.04. The Morgan fingerprint density at radius 2 is 1.85 bits per heavy atom. The number of hydrazine groups is 1. The van der Waals surface area contributed by atoms with Gasteiger partial charge in [-0.3, -0.25) is 20.4 Å². The van der Waals surface area contributed by atoms with Crippen LogP contribution in [0, 0.1) is 5.82 Å². The number of carbonyl (C=O) groups excluding carboxylic acids is 2. The van der Waals surface area contributed by atoms with Gasteiger partial charge in [-0.1, -0.05) is 30.3 Å². The number of para-hydroxylation sites is 2. The normalized spacial score (nSPS) is 11.8. The fourth-order valence-electron chi connectivity index (χ4n) is 2.51. The molecule has 3 N–H and O–H groups in total. The van der Waals surface area contributed by atoms with Crippen LogP contribution in [0.4, 0.5) is 4.39 Å². The lowest BCUT2D eigenvalue weighted by molar-refractivity contribution is -0.132. The fraction of sp³-hybridized carbons (Fsp3) is 0.158. The quantitative estimate of drug-likeness (QED) is 0.615. The zero-order chi connectivity index (χ0) is 18.5. The van der Waals surface area contributed by atoms with Crippen molar-refractivity contribution in [2.24, 2.45) is 0 Å². The summed E-state index contributed by atoms with van der Waals surface area (Å²) in [4.78, 5) is 27.1. The van der Waals surface area contributed by atoms with Gasteiger partial charge >= 0.3 is 0 Å². The van der Waals surface area contributed by atoms with Crippen LogP contribution in [0.15, 0.2) is 54.7 Å². The molecule has 0 aliphatic heterocycles. The van der Waals surface area contributed by atoms with Crippen molar-refractivity contribution >= 4 is 22.7 Å². The van der Waals surface area contributed by atoms with E-state index in [0.29, 0.717) is 0 Å². The van der Waals surface area contributed by atoms with E-state index in [1.165, 1.54) is 25.1 Å². The molecule has 26 heavy (non-hydrogen) atoms. The standard InChI is InChI=1S/C19H18FN3O3/c1-12(26-17-9-5-3-7-15(17)20)19(25)23-22-18(24)10-13-11-21-16-8-4-2-6-14(13)16/h2-9,11-12,21H,10H2,1H3,(H,22,24)(H,23,25). The minimum absolute atomic E-state index is 0.0275. The summed E-state index contributed by atoms with van der Waals surface area (Å²) in [6.07, 6.45) is 0.892. The molecule has 1 atom stereocenters. The van der Waals surface area contributed by atoms with Crippen LogP contribution in [0.5, 0.6) is 5.75 Å². The second-order valence-electron chi connectivity index (χ2n) is 5.76. The maximum atomic E-state index is 13.5. The lowest BCUT2D eigenvalue weighted by Gasteiger charge is -2.15. The maximum absolute atomic E-state index is 13.5. The van der Waals surface area contributed by atoms with Crippen LogP contribution < -0.4 is 15.6 Å². The molecule has 0 saturated carbocycles. The molecular weight excluding hydrogens is 337 g/mol. The number of hydrogen-bond acceptors (Lipinski definition) is 3. The third-order valence-electron chi connectivity index (χ3n) is 3.86. The summed E-state index contributed by atoms with van der Waals surface area (Å²) in [5, 5.41) is 0.949. The largest absolute Gasteiger partial charge is 0.478 e. The van der Waals surface area contributed by atoms with Gasteiger partial charge < -0.3 is 9.72 Å². The number of amides is 2. The van der Waals surface area contributed by atoms with Crippen molar-refractivity contribution in [1.82, 2.24) is 15.8 Å². The van der Waals surface area contributed by atoms with Crippen molar-refractivity contribution in [1.29, 1.82) is 0 Å². The molecule has 0 spiro atoms. The number of rotatable bonds is 5. The predicted molar refractivity (Wildman–Crippen MR) is 94.8 cm³/mol.